The Bertz CT molecular complexity index is 1030. The van der Waals surface area contributed by atoms with Gasteiger partial charge in [-0.2, -0.15) is 5.10 Å². The SMILES string of the molecule is Cc1cccc(-c2cccc(NC(=O)[C@H]3CCCN(C(=O)Cn4cccn4)C3)c2)c1. The fourth-order valence-corrected chi connectivity index (χ4v) is 3.90. The highest BCUT2D eigenvalue weighted by atomic mass is 16.2. The van der Waals surface area contributed by atoms with Crippen molar-refractivity contribution in [1.29, 1.82) is 0 Å². The number of aryl methyl sites for hydroxylation is 1. The highest BCUT2D eigenvalue weighted by molar-refractivity contribution is 5.93. The van der Waals surface area contributed by atoms with E-state index in [-0.39, 0.29) is 24.3 Å². The lowest BCUT2D eigenvalue weighted by Gasteiger charge is -2.32. The van der Waals surface area contributed by atoms with Crippen LogP contribution in [-0.2, 0) is 16.1 Å². The Labute approximate surface area is 176 Å². The van der Waals surface area contributed by atoms with Crippen molar-refractivity contribution in [3.8, 4) is 11.1 Å². The number of aromatic nitrogens is 2. The summed E-state index contributed by atoms with van der Waals surface area (Å²) >= 11 is 0. The van der Waals surface area contributed by atoms with Gasteiger partial charge in [0.1, 0.15) is 6.54 Å². The highest BCUT2D eigenvalue weighted by Crippen LogP contribution is 2.25. The summed E-state index contributed by atoms with van der Waals surface area (Å²) in [6.45, 7) is 3.41. The first-order valence-corrected chi connectivity index (χ1v) is 10.3. The minimum atomic E-state index is -0.206. The van der Waals surface area contributed by atoms with Gasteiger partial charge in [0.2, 0.25) is 11.8 Å². The van der Waals surface area contributed by atoms with E-state index in [1.807, 2.05) is 30.3 Å². The molecule has 4 rings (SSSR count). The number of likely N-dealkylation sites (tertiary alicyclic amines) is 1. The first kappa shape index (κ1) is 19.9. The third-order valence-electron chi connectivity index (χ3n) is 5.48. The molecule has 3 aromatic rings. The second-order valence-corrected chi connectivity index (χ2v) is 7.82. The summed E-state index contributed by atoms with van der Waals surface area (Å²) in [6.07, 6.45) is 5.04. The molecule has 1 aromatic heterocycles. The number of hydrogen-bond acceptors (Lipinski definition) is 3. The van der Waals surface area contributed by atoms with Crippen molar-refractivity contribution in [2.45, 2.75) is 26.3 Å². The van der Waals surface area contributed by atoms with Gasteiger partial charge >= 0.3 is 0 Å². The van der Waals surface area contributed by atoms with Crippen LogP contribution in [0.25, 0.3) is 11.1 Å². The molecule has 0 spiro atoms. The Hall–Kier alpha value is -3.41. The van der Waals surface area contributed by atoms with Crippen molar-refractivity contribution in [2.24, 2.45) is 5.92 Å². The van der Waals surface area contributed by atoms with Crippen LogP contribution in [0.1, 0.15) is 18.4 Å². The fourth-order valence-electron chi connectivity index (χ4n) is 3.90. The van der Waals surface area contributed by atoms with Crippen LogP contribution in [-0.4, -0.2) is 39.6 Å². The number of nitrogens with zero attached hydrogens (tertiary/aromatic N) is 3. The lowest BCUT2D eigenvalue weighted by atomic mass is 9.96. The van der Waals surface area contributed by atoms with Gasteiger partial charge in [-0.1, -0.05) is 42.0 Å². The molecule has 2 heterocycles. The van der Waals surface area contributed by atoms with Crippen molar-refractivity contribution >= 4 is 17.5 Å². The van der Waals surface area contributed by atoms with E-state index in [4.69, 9.17) is 0 Å². The summed E-state index contributed by atoms with van der Waals surface area (Å²) < 4.78 is 1.61. The molecule has 1 aliphatic rings. The van der Waals surface area contributed by atoms with E-state index < -0.39 is 0 Å². The van der Waals surface area contributed by atoms with Crippen molar-refractivity contribution in [1.82, 2.24) is 14.7 Å². The molecule has 1 saturated heterocycles. The van der Waals surface area contributed by atoms with E-state index >= 15 is 0 Å². The zero-order valence-electron chi connectivity index (χ0n) is 17.1. The average Bonchev–Trinajstić information content (AvgIpc) is 3.27. The maximum atomic E-state index is 12.9. The molecule has 0 aliphatic carbocycles. The molecule has 0 unspecified atom stereocenters. The highest BCUT2D eigenvalue weighted by Gasteiger charge is 2.28. The normalized spacial score (nSPS) is 16.3. The molecule has 0 saturated carbocycles. The lowest BCUT2D eigenvalue weighted by Crippen LogP contribution is -2.45. The maximum absolute atomic E-state index is 12.9. The molecule has 1 atom stereocenters. The molecule has 1 N–H and O–H groups in total. The summed E-state index contributed by atoms with van der Waals surface area (Å²) in [7, 11) is 0. The molecule has 2 amide bonds. The molecule has 30 heavy (non-hydrogen) atoms. The second kappa shape index (κ2) is 8.95. The second-order valence-electron chi connectivity index (χ2n) is 7.82. The van der Waals surface area contributed by atoms with Gasteiger partial charge in [0.05, 0.1) is 5.92 Å². The molecule has 0 bridgehead atoms. The number of piperidine rings is 1. The predicted octanol–water partition coefficient (Wildman–Crippen LogP) is 3.74. The van der Waals surface area contributed by atoms with Crippen LogP contribution in [0.15, 0.2) is 67.0 Å². The predicted molar refractivity (Wildman–Crippen MR) is 117 cm³/mol. The Morgan fingerprint density at radius 2 is 1.90 bits per heavy atom. The molecule has 6 nitrogen and oxygen atoms in total. The number of carbonyl (C=O) groups is 2. The summed E-state index contributed by atoms with van der Waals surface area (Å²) in [5.41, 5.74) is 4.17. The van der Waals surface area contributed by atoms with E-state index in [1.54, 1.807) is 28.0 Å². The molecular weight excluding hydrogens is 376 g/mol. The zero-order valence-corrected chi connectivity index (χ0v) is 17.1. The minimum Gasteiger partial charge on any atom is -0.340 e. The smallest absolute Gasteiger partial charge is 0.244 e. The van der Waals surface area contributed by atoms with E-state index in [1.165, 1.54) is 5.56 Å². The van der Waals surface area contributed by atoms with Crippen molar-refractivity contribution in [3.05, 3.63) is 72.6 Å². The maximum Gasteiger partial charge on any atom is 0.244 e. The summed E-state index contributed by atoms with van der Waals surface area (Å²) in [5, 5.41) is 7.14. The van der Waals surface area contributed by atoms with Crippen LogP contribution in [0.3, 0.4) is 0 Å². The van der Waals surface area contributed by atoms with Gasteiger partial charge < -0.3 is 10.2 Å². The first-order valence-electron chi connectivity index (χ1n) is 10.3. The average molecular weight is 402 g/mol. The monoisotopic (exact) mass is 402 g/mol. The number of carbonyl (C=O) groups excluding carboxylic acids is 2. The van der Waals surface area contributed by atoms with Crippen LogP contribution < -0.4 is 5.32 Å². The molecular formula is C24H26N4O2. The van der Waals surface area contributed by atoms with Gasteiger partial charge in [-0.3, -0.25) is 14.3 Å². The Kier molecular flexibility index (Phi) is 5.93. The third kappa shape index (κ3) is 4.76. The Balaban J connectivity index is 1.40. The van der Waals surface area contributed by atoms with Gasteiger partial charge in [0.25, 0.3) is 0 Å². The molecule has 1 aliphatic heterocycles. The third-order valence-corrected chi connectivity index (χ3v) is 5.48. The van der Waals surface area contributed by atoms with Gasteiger partial charge in [-0.25, -0.2) is 0 Å². The lowest BCUT2D eigenvalue weighted by molar-refractivity contribution is -0.135. The van der Waals surface area contributed by atoms with Gasteiger partial charge in [-0.05, 0) is 49.1 Å². The van der Waals surface area contributed by atoms with Crippen molar-refractivity contribution < 1.29 is 9.59 Å². The standard InChI is InChI=1S/C24H26N4O2/c1-18-6-2-7-19(14-18)20-8-3-10-22(15-20)26-24(30)21-9-4-12-27(16-21)23(29)17-28-13-5-11-25-28/h2-3,5-8,10-11,13-15,21H,4,9,12,16-17H2,1H3,(H,26,30)/t21-/m0/s1. The van der Waals surface area contributed by atoms with E-state index in [9.17, 15) is 9.59 Å². The zero-order chi connectivity index (χ0) is 20.9. The van der Waals surface area contributed by atoms with Gasteiger partial charge in [-0.15, -0.1) is 0 Å². The minimum absolute atomic E-state index is 0.00218. The quantitative estimate of drug-likeness (QED) is 0.707. The van der Waals surface area contributed by atoms with E-state index in [2.05, 4.69) is 35.5 Å². The number of benzene rings is 2. The molecule has 0 radical (unpaired) electrons. The number of nitrogens with one attached hydrogen (secondary N) is 1. The Morgan fingerprint density at radius 3 is 2.67 bits per heavy atom. The van der Waals surface area contributed by atoms with E-state index in [0.29, 0.717) is 13.1 Å². The van der Waals surface area contributed by atoms with Crippen molar-refractivity contribution in [2.75, 3.05) is 18.4 Å². The van der Waals surface area contributed by atoms with Crippen LogP contribution in [0.5, 0.6) is 0 Å². The molecule has 1 fully saturated rings. The topological polar surface area (TPSA) is 67.2 Å². The summed E-state index contributed by atoms with van der Waals surface area (Å²) in [6, 6.07) is 18.0. The number of anilines is 1. The van der Waals surface area contributed by atoms with E-state index in [0.717, 1.165) is 29.7 Å². The fraction of sp³-hybridized carbons (Fsp3) is 0.292. The largest absolute Gasteiger partial charge is 0.340 e. The summed E-state index contributed by atoms with van der Waals surface area (Å²) in [4.78, 5) is 27.2. The molecule has 154 valence electrons. The van der Waals surface area contributed by atoms with Gasteiger partial charge in [0, 0.05) is 31.2 Å². The first-order chi connectivity index (χ1) is 14.6. The summed E-state index contributed by atoms with van der Waals surface area (Å²) in [5.74, 6) is -0.242. The van der Waals surface area contributed by atoms with Crippen molar-refractivity contribution in [3.63, 3.8) is 0 Å². The van der Waals surface area contributed by atoms with Crippen LogP contribution in [0, 0.1) is 12.8 Å². The number of amides is 2. The van der Waals surface area contributed by atoms with Crippen LogP contribution in [0.2, 0.25) is 0 Å². The number of rotatable bonds is 5. The molecule has 2 aromatic carbocycles. The number of hydrogen-bond donors (Lipinski definition) is 1. The van der Waals surface area contributed by atoms with Crippen LogP contribution in [0.4, 0.5) is 5.69 Å². The molecule has 6 heteroatoms. The van der Waals surface area contributed by atoms with Crippen LogP contribution >= 0.6 is 0 Å². The van der Waals surface area contributed by atoms with Gasteiger partial charge in [0.15, 0.2) is 0 Å². The Morgan fingerprint density at radius 1 is 1.10 bits per heavy atom.